The third kappa shape index (κ3) is 2.65. The monoisotopic (exact) mass is 305 g/mol. The zero-order chi connectivity index (χ0) is 13.9. The Bertz CT molecular complexity index is 723. The number of aromatic nitrogens is 3. The molecule has 0 amide bonds. The number of fused-ring (bicyclic) bond motifs is 1. The van der Waals surface area contributed by atoms with Gasteiger partial charge in [0.2, 0.25) is 0 Å². The van der Waals surface area contributed by atoms with Crippen LogP contribution in [0.15, 0.2) is 42.6 Å². The fourth-order valence-corrected chi connectivity index (χ4v) is 2.59. The van der Waals surface area contributed by atoms with E-state index in [0.717, 1.165) is 29.0 Å². The molecule has 102 valence electrons. The standard InChI is InChI=1S/C15H13Cl2N3/c16-7-6-15-19-13-5-4-11(17)9-14(13)20(15)10-12-3-1-2-8-18-12/h1-5,8-9H,6-7,10H2. The van der Waals surface area contributed by atoms with Crippen LogP contribution in [0.2, 0.25) is 5.02 Å². The maximum atomic E-state index is 6.10. The fraction of sp³-hybridized carbons (Fsp3) is 0.200. The van der Waals surface area contributed by atoms with E-state index in [-0.39, 0.29) is 0 Å². The molecule has 0 radical (unpaired) electrons. The Kier molecular flexibility index (Phi) is 3.90. The molecule has 0 aliphatic rings. The summed E-state index contributed by atoms with van der Waals surface area (Å²) in [5.41, 5.74) is 2.94. The molecule has 3 rings (SSSR count). The highest BCUT2D eigenvalue weighted by Gasteiger charge is 2.11. The fourth-order valence-electron chi connectivity index (χ4n) is 2.25. The van der Waals surface area contributed by atoms with Crippen LogP contribution in [0.1, 0.15) is 11.5 Å². The molecule has 2 heterocycles. The summed E-state index contributed by atoms with van der Waals surface area (Å²) in [5, 5.41) is 0.706. The molecule has 2 aromatic heterocycles. The van der Waals surface area contributed by atoms with Gasteiger partial charge in [-0.3, -0.25) is 4.98 Å². The van der Waals surface area contributed by atoms with E-state index in [2.05, 4.69) is 14.5 Å². The Hall–Kier alpha value is -1.58. The molecule has 0 aliphatic carbocycles. The van der Waals surface area contributed by atoms with Gasteiger partial charge in [0.25, 0.3) is 0 Å². The smallest absolute Gasteiger partial charge is 0.111 e. The minimum Gasteiger partial charge on any atom is -0.322 e. The number of alkyl halides is 1. The van der Waals surface area contributed by atoms with E-state index in [4.69, 9.17) is 23.2 Å². The lowest BCUT2D eigenvalue weighted by Crippen LogP contribution is -2.07. The third-order valence-corrected chi connectivity index (χ3v) is 3.58. The summed E-state index contributed by atoms with van der Waals surface area (Å²) in [7, 11) is 0. The summed E-state index contributed by atoms with van der Waals surface area (Å²) in [5.74, 6) is 1.50. The van der Waals surface area contributed by atoms with Crippen molar-refractivity contribution in [1.82, 2.24) is 14.5 Å². The van der Waals surface area contributed by atoms with Crippen molar-refractivity contribution in [2.45, 2.75) is 13.0 Å². The van der Waals surface area contributed by atoms with E-state index in [1.165, 1.54) is 0 Å². The predicted molar refractivity (Wildman–Crippen MR) is 82.5 cm³/mol. The van der Waals surface area contributed by atoms with E-state index in [1.807, 2.05) is 36.4 Å². The first-order valence-electron chi connectivity index (χ1n) is 6.38. The van der Waals surface area contributed by atoms with Gasteiger partial charge in [0, 0.05) is 23.5 Å². The van der Waals surface area contributed by atoms with Crippen LogP contribution < -0.4 is 0 Å². The lowest BCUT2D eigenvalue weighted by molar-refractivity contribution is 0.738. The predicted octanol–water partition coefficient (Wildman–Crippen LogP) is 3.91. The first kappa shape index (κ1) is 13.4. The first-order chi connectivity index (χ1) is 9.78. The second kappa shape index (κ2) is 5.81. The molecule has 3 aromatic rings. The zero-order valence-corrected chi connectivity index (χ0v) is 12.3. The van der Waals surface area contributed by atoms with Crippen LogP contribution in [0.25, 0.3) is 11.0 Å². The van der Waals surface area contributed by atoms with Crippen molar-refractivity contribution in [2.75, 3.05) is 5.88 Å². The summed E-state index contributed by atoms with van der Waals surface area (Å²) < 4.78 is 2.13. The maximum Gasteiger partial charge on any atom is 0.111 e. The van der Waals surface area contributed by atoms with Crippen LogP contribution in [0, 0.1) is 0 Å². The van der Waals surface area contributed by atoms with Gasteiger partial charge < -0.3 is 4.57 Å². The van der Waals surface area contributed by atoms with Crippen LogP contribution in [-0.2, 0) is 13.0 Å². The summed E-state index contributed by atoms with van der Waals surface area (Å²) >= 11 is 12.0. The highest BCUT2D eigenvalue weighted by molar-refractivity contribution is 6.31. The number of benzene rings is 1. The highest BCUT2D eigenvalue weighted by atomic mass is 35.5. The van der Waals surface area contributed by atoms with Gasteiger partial charge in [0.05, 0.1) is 23.3 Å². The van der Waals surface area contributed by atoms with Gasteiger partial charge in [-0.05, 0) is 30.3 Å². The lowest BCUT2D eigenvalue weighted by atomic mass is 10.3. The average molecular weight is 306 g/mol. The number of aryl methyl sites for hydroxylation is 1. The van der Waals surface area contributed by atoms with E-state index in [0.29, 0.717) is 17.4 Å². The molecule has 0 fully saturated rings. The number of rotatable bonds is 4. The van der Waals surface area contributed by atoms with Gasteiger partial charge in [-0.2, -0.15) is 0 Å². The molecule has 0 N–H and O–H groups in total. The maximum absolute atomic E-state index is 6.10. The summed E-state index contributed by atoms with van der Waals surface area (Å²) in [4.78, 5) is 9.00. The molecular weight excluding hydrogens is 293 g/mol. The van der Waals surface area contributed by atoms with Gasteiger partial charge in [-0.25, -0.2) is 4.98 Å². The van der Waals surface area contributed by atoms with E-state index in [9.17, 15) is 0 Å². The number of hydrogen-bond acceptors (Lipinski definition) is 2. The Morgan fingerprint density at radius 3 is 2.80 bits per heavy atom. The van der Waals surface area contributed by atoms with Crippen molar-refractivity contribution in [3.8, 4) is 0 Å². The second-order valence-corrected chi connectivity index (χ2v) is 5.32. The molecule has 0 atom stereocenters. The first-order valence-corrected chi connectivity index (χ1v) is 7.30. The van der Waals surface area contributed by atoms with Gasteiger partial charge in [0.15, 0.2) is 0 Å². The normalized spacial score (nSPS) is 11.1. The molecule has 0 aliphatic heterocycles. The molecule has 0 bridgehead atoms. The molecule has 0 spiro atoms. The third-order valence-electron chi connectivity index (χ3n) is 3.15. The highest BCUT2D eigenvalue weighted by Crippen LogP contribution is 2.22. The quantitative estimate of drug-likeness (QED) is 0.684. The summed E-state index contributed by atoms with van der Waals surface area (Å²) in [6, 6.07) is 11.6. The number of hydrogen-bond donors (Lipinski definition) is 0. The topological polar surface area (TPSA) is 30.7 Å². The molecule has 5 heteroatoms. The van der Waals surface area contributed by atoms with E-state index >= 15 is 0 Å². The van der Waals surface area contributed by atoms with Gasteiger partial charge in [-0.15, -0.1) is 11.6 Å². The average Bonchev–Trinajstić information content (AvgIpc) is 2.78. The molecule has 1 aromatic carbocycles. The van der Waals surface area contributed by atoms with Crippen molar-refractivity contribution >= 4 is 34.2 Å². The Morgan fingerprint density at radius 2 is 2.05 bits per heavy atom. The van der Waals surface area contributed by atoms with Gasteiger partial charge in [0.1, 0.15) is 5.82 Å². The number of halogens is 2. The molecule has 3 nitrogen and oxygen atoms in total. The number of imidazole rings is 1. The van der Waals surface area contributed by atoms with Crippen LogP contribution >= 0.6 is 23.2 Å². The largest absolute Gasteiger partial charge is 0.322 e. The van der Waals surface area contributed by atoms with Crippen LogP contribution in [0.3, 0.4) is 0 Å². The van der Waals surface area contributed by atoms with Gasteiger partial charge >= 0.3 is 0 Å². The molecule has 20 heavy (non-hydrogen) atoms. The number of nitrogens with zero attached hydrogens (tertiary/aromatic N) is 3. The zero-order valence-electron chi connectivity index (χ0n) is 10.8. The second-order valence-electron chi connectivity index (χ2n) is 4.51. The minimum absolute atomic E-state index is 0.541. The Morgan fingerprint density at radius 1 is 1.15 bits per heavy atom. The van der Waals surface area contributed by atoms with Crippen LogP contribution in [-0.4, -0.2) is 20.4 Å². The van der Waals surface area contributed by atoms with E-state index < -0.39 is 0 Å². The molecule has 0 saturated carbocycles. The lowest BCUT2D eigenvalue weighted by Gasteiger charge is -2.08. The molecule has 0 unspecified atom stereocenters. The van der Waals surface area contributed by atoms with Gasteiger partial charge in [-0.1, -0.05) is 17.7 Å². The Balaban J connectivity index is 2.10. The summed E-state index contributed by atoms with van der Waals surface area (Å²) in [6.07, 6.45) is 2.52. The minimum atomic E-state index is 0.541. The van der Waals surface area contributed by atoms with Crippen molar-refractivity contribution < 1.29 is 0 Å². The number of pyridine rings is 1. The van der Waals surface area contributed by atoms with Crippen molar-refractivity contribution in [1.29, 1.82) is 0 Å². The van der Waals surface area contributed by atoms with Crippen LogP contribution in [0.4, 0.5) is 0 Å². The van der Waals surface area contributed by atoms with E-state index in [1.54, 1.807) is 6.20 Å². The van der Waals surface area contributed by atoms with Crippen molar-refractivity contribution in [2.24, 2.45) is 0 Å². The summed E-state index contributed by atoms with van der Waals surface area (Å²) in [6.45, 7) is 0.671. The molecule has 0 saturated heterocycles. The Labute approximate surface area is 127 Å². The molecular formula is C15H13Cl2N3. The van der Waals surface area contributed by atoms with Crippen LogP contribution in [0.5, 0.6) is 0 Å². The van der Waals surface area contributed by atoms with Crippen molar-refractivity contribution in [3.05, 3.63) is 59.1 Å². The van der Waals surface area contributed by atoms with Crippen molar-refractivity contribution in [3.63, 3.8) is 0 Å². The SMILES string of the molecule is ClCCc1nc2ccc(Cl)cc2n1Cc1ccccn1.